The lowest BCUT2D eigenvalue weighted by Crippen LogP contribution is -2.34. The van der Waals surface area contributed by atoms with Crippen molar-refractivity contribution in [3.63, 3.8) is 0 Å². The molecule has 20 heavy (non-hydrogen) atoms. The molecule has 0 spiro atoms. The Morgan fingerprint density at radius 3 is 2.70 bits per heavy atom. The highest BCUT2D eigenvalue weighted by Gasteiger charge is 2.16. The molecule has 3 N–H and O–H groups in total. The van der Waals surface area contributed by atoms with Gasteiger partial charge in [-0.25, -0.2) is 0 Å². The molecular weight excluding hydrogens is 252 g/mol. The number of rotatable bonds is 5. The van der Waals surface area contributed by atoms with Crippen LogP contribution in [0.25, 0.3) is 0 Å². The number of anilines is 1. The Bertz CT molecular complexity index is 577. The van der Waals surface area contributed by atoms with E-state index in [1.54, 1.807) is 10.9 Å². The number of carbonyl (C=O) groups is 1. The molecule has 0 aliphatic heterocycles. The summed E-state index contributed by atoms with van der Waals surface area (Å²) < 4.78 is 1.66. The summed E-state index contributed by atoms with van der Waals surface area (Å²) in [7, 11) is 0. The summed E-state index contributed by atoms with van der Waals surface area (Å²) in [5.74, 6) is -0.224. The third-order valence-corrected chi connectivity index (χ3v) is 3.09. The van der Waals surface area contributed by atoms with E-state index in [2.05, 4.69) is 10.4 Å². The fourth-order valence-corrected chi connectivity index (χ4v) is 2.09. The van der Waals surface area contributed by atoms with Gasteiger partial charge in [0.1, 0.15) is 0 Å². The lowest BCUT2D eigenvalue weighted by molar-refractivity contribution is 0.0935. The second kappa shape index (κ2) is 6.23. The van der Waals surface area contributed by atoms with Crippen LogP contribution in [0.5, 0.6) is 0 Å². The third-order valence-electron chi connectivity index (χ3n) is 3.09. The molecule has 5 nitrogen and oxygen atoms in total. The number of nitrogens with one attached hydrogen (secondary N) is 1. The van der Waals surface area contributed by atoms with Crippen molar-refractivity contribution in [2.75, 3.05) is 5.73 Å². The standard InChI is InChI=1S/C15H20N4O/c1-3-19-10-13(16)14(18-19)15(20)17-11(2)9-12-7-5-4-6-8-12/h4-8,10-11H,3,9,16H2,1-2H3,(H,17,20). The highest BCUT2D eigenvalue weighted by atomic mass is 16.2. The Kier molecular flexibility index (Phi) is 4.40. The normalized spacial score (nSPS) is 12.1. The van der Waals surface area contributed by atoms with Crippen molar-refractivity contribution >= 4 is 11.6 Å². The van der Waals surface area contributed by atoms with Crippen molar-refractivity contribution in [3.05, 3.63) is 47.8 Å². The van der Waals surface area contributed by atoms with E-state index < -0.39 is 0 Å². The van der Waals surface area contributed by atoms with Gasteiger partial charge >= 0.3 is 0 Å². The minimum Gasteiger partial charge on any atom is -0.396 e. The number of nitrogens with zero attached hydrogens (tertiary/aromatic N) is 2. The van der Waals surface area contributed by atoms with E-state index in [1.807, 2.05) is 44.2 Å². The molecule has 1 atom stereocenters. The van der Waals surface area contributed by atoms with Gasteiger partial charge in [-0.2, -0.15) is 5.10 Å². The summed E-state index contributed by atoms with van der Waals surface area (Å²) in [6.07, 6.45) is 2.46. The van der Waals surface area contributed by atoms with Gasteiger partial charge < -0.3 is 11.1 Å². The zero-order valence-corrected chi connectivity index (χ0v) is 11.8. The maximum atomic E-state index is 12.1. The largest absolute Gasteiger partial charge is 0.396 e. The molecule has 0 aliphatic carbocycles. The first-order chi connectivity index (χ1) is 9.60. The Morgan fingerprint density at radius 2 is 2.10 bits per heavy atom. The lowest BCUT2D eigenvalue weighted by atomic mass is 10.1. The molecule has 5 heteroatoms. The smallest absolute Gasteiger partial charge is 0.274 e. The number of benzene rings is 1. The van der Waals surface area contributed by atoms with Crippen LogP contribution >= 0.6 is 0 Å². The first-order valence-electron chi connectivity index (χ1n) is 6.78. The molecule has 1 heterocycles. The number of aromatic nitrogens is 2. The van der Waals surface area contributed by atoms with Crippen molar-refractivity contribution in [1.29, 1.82) is 0 Å². The van der Waals surface area contributed by atoms with E-state index in [0.717, 1.165) is 6.42 Å². The van der Waals surface area contributed by atoms with Crippen LogP contribution in [0.4, 0.5) is 5.69 Å². The Labute approximate surface area is 118 Å². The van der Waals surface area contributed by atoms with Crippen LogP contribution in [0.15, 0.2) is 36.5 Å². The molecule has 0 aliphatic rings. The van der Waals surface area contributed by atoms with Crippen LogP contribution in [0, 0.1) is 0 Å². The summed E-state index contributed by atoms with van der Waals surface area (Å²) in [5.41, 5.74) is 7.70. The van der Waals surface area contributed by atoms with Gasteiger partial charge in [0.05, 0.1) is 5.69 Å². The van der Waals surface area contributed by atoms with Gasteiger partial charge in [-0.15, -0.1) is 0 Å². The van der Waals surface area contributed by atoms with E-state index >= 15 is 0 Å². The summed E-state index contributed by atoms with van der Waals surface area (Å²) in [6, 6.07) is 10.1. The van der Waals surface area contributed by atoms with Gasteiger partial charge in [0.25, 0.3) is 5.91 Å². The Morgan fingerprint density at radius 1 is 1.40 bits per heavy atom. The van der Waals surface area contributed by atoms with Crippen molar-refractivity contribution in [1.82, 2.24) is 15.1 Å². The van der Waals surface area contributed by atoms with E-state index in [-0.39, 0.29) is 11.9 Å². The predicted octanol–water partition coefficient (Wildman–Crippen LogP) is 1.85. The Balaban J connectivity index is 1.98. The van der Waals surface area contributed by atoms with E-state index in [0.29, 0.717) is 17.9 Å². The maximum Gasteiger partial charge on any atom is 0.274 e. The number of hydrogen-bond donors (Lipinski definition) is 2. The van der Waals surface area contributed by atoms with Gasteiger partial charge in [0, 0.05) is 18.8 Å². The van der Waals surface area contributed by atoms with Crippen LogP contribution in [-0.4, -0.2) is 21.7 Å². The zero-order valence-electron chi connectivity index (χ0n) is 11.8. The fourth-order valence-electron chi connectivity index (χ4n) is 2.09. The van der Waals surface area contributed by atoms with Crippen molar-refractivity contribution in [3.8, 4) is 0 Å². The van der Waals surface area contributed by atoms with Crippen LogP contribution < -0.4 is 11.1 Å². The Hall–Kier alpha value is -2.30. The van der Waals surface area contributed by atoms with Crippen LogP contribution in [0.3, 0.4) is 0 Å². The molecule has 0 saturated carbocycles. The lowest BCUT2D eigenvalue weighted by Gasteiger charge is -2.13. The summed E-state index contributed by atoms with van der Waals surface area (Å²) in [6.45, 7) is 4.61. The molecule has 0 radical (unpaired) electrons. The van der Waals surface area contributed by atoms with E-state index in [1.165, 1.54) is 5.56 Å². The number of nitrogen functional groups attached to an aromatic ring is 1. The molecule has 1 unspecified atom stereocenters. The highest BCUT2D eigenvalue weighted by molar-refractivity contribution is 5.97. The second-order valence-corrected chi connectivity index (χ2v) is 4.85. The average Bonchev–Trinajstić information content (AvgIpc) is 2.81. The number of nitrogens with two attached hydrogens (primary N) is 1. The maximum absolute atomic E-state index is 12.1. The predicted molar refractivity (Wildman–Crippen MR) is 79.4 cm³/mol. The average molecular weight is 272 g/mol. The van der Waals surface area contributed by atoms with Crippen molar-refractivity contribution in [2.24, 2.45) is 0 Å². The van der Waals surface area contributed by atoms with Gasteiger partial charge in [0.2, 0.25) is 0 Å². The molecule has 1 aromatic carbocycles. The SMILES string of the molecule is CCn1cc(N)c(C(=O)NC(C)Cc2ccccc2)n1. The third kappa shape index (κ3) is 3.38. The number of amides is 1. The molecule has 2 aromatic rings. The van der Waals surface area contributed by atoms with Gasteiger partial charge in [-0.3, -0.25) is 9.48 Å². The van der Waals surface area contributed by atoms with Crippen molar-refractivity contribution in [2.45, 2.75) is 32.9 Å². The number of aryl methyl sites for hydroxylation is 1. The molecule has 0 fully saturated rings. The first kappa shape index (κ1) is 14.1. The summed E-state index contributed by atoms with van der Waals surface area (Å²) in [4.78, 5) is 12.1. The quantitative estimate of drug-likeness (QED) is 0.872. The monoisotopic (exact) mass is 272 g/mol. The topological polar surface area (TPSA) is 72.9 Å². The van der Waals surface area contributed by atoms with E-state index in [9.17, 15) is 4.79 Å². The molecule has 2 rings (SSSR count). The summed E-state index contributed by atoms with van der Waals surface area (Å²) >= 11 is 0. The van der Waals surface area contributed by atoms with E-state index in [4.69, 9.17) is 5.73 Å². The molecule has 1 amide bonds. The van der Waals surface area contributed by atoms with Crippen LogP contribution in [0.1, 0.15) is 29.9 Å². The molecule has 0 saturated heterocycles. The minimum atomic E-state index is -0.224. The highest BCUT2D eigenvalue weighted by Crippen LogP contribution is 2.10. The van der Waals surface area contributed by atoms with Gasteiger partial charge in [-0.05, 0) is 25.8 Å². The first-order valence-corrected chi connectivity index (χ1v) is 6.78. The zero-order chi connectivity index (χ0) is 14.5. The van der Waals surface area contributed by atoms with Gasteiger partial charge in [-0.1, -0.05) is 30.3 Å². The minimum absolute atomic E-state index is 0.0241. The number of hydrogen-bond acceptors (Lipinski definition) is 3. The molecule has 0 bridgehead atoms. The van der Waals surface area contributed by atoms with Crippen molar-refractivity contribution < 1.29 is 4.79 Å². The number of carbonyl (C=O) groups excluding carboxylic acids is 1. The fraction of sp³-hybridized carbons (Fsp3) is 0.333. The van der Waals surface area contributed by atoms with Gasteiger partial charge in [0.15, 0.2) is 5.69 Å². The molecule has 106 valence electrons. The summed E-state index contributed by atoms with van der Waals surface area (Å²) in [5, 5.41) is 7.10. The molecular formula is C15H20N4O. The second-order valence-electron chi connectivity index (χ2n) is 4.85. The molecule has 1 aromatic heterocycles. The van der Waals surface area contributed by atoms with Crippen LogP contribution in [0.2, 0.25) is 0 Å². The van der Waals surface area contributed by atoms with Crippen LogP contribution in [-0.2, 0) is 13.0 Å².